The van der Waals surface area contributed by atoms with Crippen LogP contribution in [-0.4, -0.2) is 15.7 Å². The monoisotopic (exact) mass is 441 g/mol. The molecule has 0 radical (unpaired) electrons. The van der Waals surface area contributed by atoms with Crippen molar-refractivity contribution in [3.63, 3.8) is 0 Å². The number of nitrogens with one attached hydrogen (secondary N) is 1. The van der Waals surface area contributed by atoms with Crippen LogP contribution in [0.15, 0.2) is 54.6 Å². The van der Waals surface area contributed by atoms with E-state index in [1.54, 1.807) is 49.4 Å². The van der Waals surface area contributed by atoms with Crippen molar-refractivity contribution in [2.75, 3.05) is 0 Å². The molecule has 0 saturated heterocycles. The lowest BCUT2D eigenvalue weighted by molar-refractivity contribution is -0.141. The number of benzene rings is 2. The number of hydrogen-bond donors (Lipinski definition) is 1. The molecule has 3 aromatic rings. The summed E-state index contributed by atoms with van der Waals surface area (Å²) in [7, 11) is 0. The number of carbonyl (C=O) groups is 1. The van der Waals surface area contributed by atoms with Crippen LogP contribution in [0.2, 0.25) is 10.0 Å². The average Bonchev–Trinajstić information content (AvgIpc) is 3.10. The predicted molar refractivity (Wildman–Crippen MR) is 105 cm³/mol. The lowest BCUT2D eigenvalue weighted by Crippen LogP contribution is -2.28. The van der Waals surface area contributed by atoms with E-state index in [1.807, 2.05) is 0 Å². The van der Waals surface area contributed by atoms with Crippen LogP contribution < -0.4 is 5.32 Å². The fourth-order valence-electron chi connectivity index (χ4n) is 2.77. The Morgan fingerprint density at radius 3 is 2.38 bits per heavy atom. The minimum Gasteiger partial charge on any atom is -0.350 e. The smallest absolute Gasteiger partial charge is 0.350 e. The predicted octanol–water partition coefficient (Wildman–Crippen LogP) is 5.62. The van der Waals surface area contributed by atoms with E-state index >= 15 is 0 Å². The highest BCUT2D eigenvalue weighted by Crippen LogP contribution is 2.30. The maximum absolute atomic E-state index is 13.2. The number of aromatic nitrogens is 2. The molecule has 0 spiro atoms. The van der Waals surface area contributed by atoms with Crippen LogP contribution >= 0.6 is 23.2 Å². The van der Waals surface area contributed by atoms with E-state index in [1.165, 1.54) is 6.07 Å². The molecule has 1 amide bonds. The fourth-order valence-corrected chi connectivity index (χ4v) is 3.16. The molecule has 1 N–H and O–H groups in total. The fraction of sp³-hybridized carbons (Fsp3) is 0.200. The maximum Gasteiger partial charge on any atom is 0.435 e. The van der Waals surface area contributed by atoms with Crippen molar-refractivity contribution in [1.29, 1.82) is 0 Å². The molecule has 0 saturated carbocycles. The molecule has 2 aromatic carbocycles. The maximum atomic E-state index is 13.2. The molecule has 1 unspecified atom stereocenters. The van der Waals surface area contributed by atoms with Crippen molar-refractivity contribution in [3.05, 3.63) is 81.6 Å². The van der Waals surface area contributed by atoms with Gasteiger partial charge in [0.25, 0.3) is 0 Å². The first kappa shape index (κ1) is 21.2. The molecule has 1 atom stereocenters. The Balaban J connectivity index is 1.84. The highest BCUT2D eigenvalue weighted by atomic mass is 35.5. The van der Waals surface area contributed by atoms with E-state index in [9.17, 15) is 18.0 Å². The van der Waals surface area contributed by atoms with Crippen LogP contribution in [0.3, 0.4) is 0 Å². The summed E-state index contributed by atoms with van der Waals surface area (Å²) in [6.07, 6.45) is -4.61. The largest absolute Gasteiger partial charge is 0.435 e. The Morgan fingerprint density at radius 2 is 1.76 bits per heavy atom. The van der Waals surface area contributed by atoms with E-state index in [4.69, 9.17) is 23.2 Å². The van der Waals surface area contributed by atoms with E-state index in [-0.39, 0.29) is 18.1 Å². The van der Waals surface area contributed by atoms with Crippen molar-refractivity contribution in [1.82, 2.24) is 15.1 Å². The van der Waals surface area contributed by atoms with Crippen LogP contribution in [0.1, 0.15) is 29.8 Å². The molecular weight excluding hydrogens is 426 g/mol. The van der Waals surface area contributed by atoms with Crippen molar-refractivity contribution in [3.8, 4) is 5.69 Å². The van der Waals surface area contributed by atoms with Crippen molar-refractivity contribution in [2.24, 2.45) is 0 Å². The minimum absolute atomic E-state index is 0.140. The summed E-state index contributed by atoms with van der Waals surface area (Å²) >= 11 is 11.9. The Morgan fingerprint density at radius 1 is 1.10 bits per heavy atom. The van der Waals surface area contributed by atoms with E-state index in [0.717, 1.165) is 10.7 Å². The van der Waals surface area contributed by atoms with Gasteiger partial charge < -0.3 is 5.32 Å². The van der Waals surface area contributed by atoms with Gasteiger partial charge in [-0.2, -0.15) is 18.3 Å². The SMILES string of the molecule is CC(C(=O)NCc1cc(C(F)(F)F)nn1-c1cccc(Cl)c1)c1cccc(Cl)c1. The van der Waals surface area contributed by atoms with Gasteiger partial charge in [0, 0.05) is 10.0 Å². The van der Waals surface area contributed by atoms with Gasteiger partial charge in [0.05, 0.1) is 23.8 Å². The van der Waals surface area contributed by atoms with Gasteiger partial charge in [0.15, 0.2) is 5.69 Å². The zero-order chi connectivity index (χ0) is 21.2. The summed E-state index contributed by atoms with van der Waals surface area (Å²) in [6, 6.07) is 14.0. The first-order chi connectivity index (χ1) is 13.6. The highest BCUT2D eigenvalue weighted by molar-refractivity contribution is 6.31. The highest BCUT2D eigenvalue weighted by Gasteiger charge is 2.35. The molecule has 1 heterocycles. The number of nitrogens with zero attached hydrogens (tertiary/aromatic N) is 2. The van der Waals surface area contributed by atoms with Gasteiger partial charge in [-0.15, -0.1) is 0 Å². The lowest BCUT2D eigenvalue weighted by atomic mass is 10.0. The van der Waals surface area contributed by atoms with Gasteiger partial charge in [-0.05, 0) is 48.9 Å². The summed E-state index contributed by atoms with van der Waals surface area (Å²) in [6.45, 7) is 1.55. The lowest BCUT2D eigenvalue weighted by Gasteiger charge is -2.14. The Bertz CT molecular complexity index is 1030. The number of alkyl halides is 3. The number of carbonyl (C=O) groups excluding carboxylic acids is 1. The topological polar surface area (TPSA) is 46.9 Å². The molecule has 0 fully saturated rings. The van der Waals surface area contributed by atoms with Crippen LogP contribution in [0.25, 0.3) is 5.69 Å². The van der Waals surface area contributed by atoms with Crippen LogP contribution in [0, 0.1) is 0 Å². The van der Waals surface area contributed by atoms with Crippen molar-refractivity contribution >= 4 is 29.1 Å². The van der Waals surface area contributed by atoms with Crippen LogP contribution in [0.5, 0.6) is 0 Å². The first-order valence-corrected chi connectivity index (χ1v) is 9.36. The number of rotatable bonds is 5. The van der Waals surface area contributed by atoms with E-state index in [0.29, 0.717) is 21.3 Å². The van der Waals surface area contributed by atoms with Gasteiger partial charge in [-0.3, -0.25) is 4.79 Å². The first-order valence-electron chi connectivity index (χ1n) is 8.60. The second-order valence-electron chi connectivity index (χ2n) is 6.40. The second kappa shape index (κ2) is 8.47. The summed E-state index contributed by atoms with van der Waals surface area (Å²) in [5.74, 6) is -0.877. The van der Waals surface area contributed by atoms with Crippen molar-refractivity contribution in [2.45, 2.75) is 25.6 Å². The Labute approximate surface area is 175 Å². The molecular formula is C20H16Cl2F3N3O. The van der Waals surface area contributed by atoms with Gasteiger partial charge in [-0.25, -0.2) is 4.68 Å². The standard InChI is InChI=1S/C20H16Cl2F3N3O/c1-12(13-4-2-5-14(21)8-13)19(29)26-11-17-10-18(20(23,24)25)27-28(17)16-7-3-6-15(22)9-16/h2-10,12H,11H2,1H3,(H,26,29). The van der Waals surface area contributed by atoms with Gasteiger partial charge >= 0.3 is 6.18 Å². The summed E-state index contributed by atoms with van der Waals surface area (Å²) in [4.78, 5) is 12.5. The number of hydrogen-bond acceptors (Lipinski definition) is 2. The number of halogens is 5. The molecule has 0 bridgehead atoms. The Kier molecular flexibility index (Phi) is 6.19. The molecule has 3 rings (SSSR count). The molecule has 4 nitrogen and oxygen atoms in total. The minimum atomic E-state index is -4.61. The average molecular weight is 442 g/mol. The summed E-state index contributed by atoms with van der Waals surface area (Å²) in [5.41, 5.74) is 0.185. The summed E-state index contributed by atoms with van der Waals surface area (Å²) < 4.78 is 40.6. The zero-order valence-electron chi connectivity index (χ0n) is 15.2. The molecule has 29 heavy (non-hydrogen) atoms. The molecule has 0 aliphatic heterocycles. The van der Waals surface area contributed by atoms with Crippen LogP contribution in [-0.2, 0) is 17.5 Å². The normalized spacial score (nSPS) is 12.6. The van der Waals surface area contributed by atoms with E-state index in [2.05, 4.69) is 10.4 Å². The molecule has 0 aliphatic rings. The zero-order valence-corrected chi connectivity index (χ0v) is 16.7. The molecule has 0 aliphatic carbocycles. The molecule has 9 heteroatoms. The van der Waals surface area contributed by atoms with Gasteiger partial charge in [0.1, 0.15) is 0 Å². The van der Waals surface area contributed by atoms with Gasteiger partial charge in [-0.1, -0.05) is 41.4 Å². The third-order valence-electron chi connectivity index (χ3n) is 4.31. The number of amides is 1. The molecule has 1 aromatic heterocycles. The second-order valence-corrected chi connectivity index (χ2v) is 7.28. The van der Waals surface area contributed by atoms with Crippen LogP contribution in [0.4, 0.5) is 13.2 Å². The summed E-state index contributed by atoms with van der Waals surface area (Å²) in [5, 5.41) is 7.17. The van der Waals surface area contributed by atoms with Crippen molar-refractivity contribution < 1.29 is 18.0 Å². The van der Waals surface area contributed by atoms with E-state index < -0.39 is 17.8 Å². The molecule has 152 valence electrons. The Hall–Kier alpha value is -2.51. The van der Waals surface area contributed by atoms with Gasteiger partial charge in [0.2, 0.25) is 5.91 Å². The third kappa shape index (κ3) is 5.10. The third-order valence-corrected chi connectivity index (χ3v) is 4.78. The quantitative estimate of drug-likeness (QED) is 0.558.